The molecule has 0 radical (unpaired) electrons. The van der Waals surface area contributed by atoms with E-state index >= 15 is 0 Å². The lowest BCUT2D eigenvalue weighted by atomic mass is 10.1. The fourth-order valence-electron chi connectivity index (χ4n) is 3.14. The molecule has 3 aromatic heterocycles. The number of ether oxygens (including phenoxy) is 1. The maximum absolute atomic E-state index is 6.02. The standard InChI is InChI=1S/C20H17N5O2/c1-13-5-7-14(8-6-13)18-11-25-15(12-26-18)10-17(23-25)20-22-19(24-27-20)16-4-2-3-9-21-16/h2-10,18H,11-12H2,1H3/t18-/m1/s1. The molecule has 134 valence electrons. The molecular formula is C20H17N5O2. The normalized spacial score (nSPS) is 16.3. The van der Waals surface area contributed by atoms with Crippen LogP contribution in [0.25, 0.3) is 23.1 Å². The summed E-state index contributed by atoms with van der Waals surface area (Å²) in [4.78, 5) is 8.66. The lowest BCUT2D eigenvalue weighted by Gasteiger charge is -2.24. The lowest BCUT2D eigenvalue weighted by Crippen LogP contribution is -2.21. The number of hydrogen-bond donors (Lipinski definition) is 0. The predicted octanol–water partition coefficient (Wildman–Crippen LogP) is 3.58. The molecule has 0 N–H and O–H groups in total. The van der Waals surface area contributed by atoms with Crippen LogP contribution >= 0.6 is 0 Å². The van der Waals surface area contributed by atoms with Gasteiger partial charge in [0.1, 0.15) is 11.8 Å². The molecule has 0 saturated heterocycles. The minimum Gasteiger partial charge on any atom is -0.365 e. The number of hydrogen-bond acceptors (Lipinski definition) is 6. The number of aromatic nitrogens is 5. The molecule has 1 aromatic carbocycles. The van der Waals surface area contributed by atoms with E-state index < -0.39 is 0 Å². The van der Waals surface area contributed by atoms with E-state index in [1.807, 2.05) is 28.9 Å². The molecule has 0 spiro atoms. The highest BCUT2D eigenvalue weighted by atomic mass is 16.5. The molecular weight excluding hydrogens is 342 g/mol. The van der Waals surface area contributed by atoms with Gasteiger partial charge in [0, 0.05) is 6.20 Å². The topological polar surface area (TPSA) is 78.9 Å². The summed E-state index contributed by atoms with van der Waals surface area (Å²) >= 11 is 0. The number of nitrogens with zero attached hydrogens (tertiary/aromatic N) is 5. The molecule has 1 aliphatic rings. The highest BCUT2D eigenvalue weighted by molar-refractivity contribution is 5.54. The first-order valence-electron chi connectivity index (χ1n) is 8.77. The minimum absolute atomic E-state index is 0.0161. The van der Waals surface area contributed by atoms with Crippen molar-refractivity contribution in [2.75, 3.05) is 0 Å². The number of pyridine rings is 1. The molecule has 7 nitrogen and oxygen atoms in total. The van der Waals surface area contributed by atoms with Gasteiger partial charge in [-0.1, -0.05) is 41.1 Å². The summed E-state index contributed by atoms with van der Waals surface area (Å²) in [5, 5.41) is 8.65. The van der Waals surface area contributed by atoms with Crippen LogP contribution in [0.1, 0.15) is 22.9 Å². The first-order valence-corrected chi connectivity index (χ1v) is 8.77. The Kier molecular flexibility index (Phi) is 3.79. The van der Waals surface area contributed by atoms with Gasteiger partial charge in [0.25, 0.3) is 5.89 Å². The van der Waals surface area contributed by atoms with Crippen molar-refractivity contribution in [2.45, 2.75) is 26.2 Å². The molecule has 4 aromatic rings. The SMILES string of the molecule is Cc1ccc([C@H]2Cn3nc(-c4nc(-c5ccccn5)no4)cc3CO2)cc1. The van der Waals surface area contributed by atoms with Crippen molar-refractivity contribution in [3.05, 3.63) is 71.5 Å². The van der Waals surface area contributed by atoms with Gasteiger partial charge in [-0.2, -0.15) is 10.1 Å². The van der Waals surface area contributed by atoms with Crippen LogP contribution in [-0.4, -0.2) is 24.9 Å². The van der Waals surface area contributed by atoms with E-state index in [4.69, 9.17) is 9.26 Å². The Balaban J connectivity index is 1.40. The summed E-state index contributed by atoms with van der Waals surface area (Å²) in [6, 6.07) is 15.9. The molecule has 0 unspecified atom stereocenters. The maximum atomic E-state index is 6.02. The van der Waals surface area contributed by atoms with Crippen LogP contribution in [0.4, 0.5) is 0 Å². The zero-order valence-electron chi connectivity index (χ0n) is 14.7. The second-order valence-electron chi connectivity index (χ2n) is 6.55. The van der Waals surface area contributed by atoms with E-state index in [1.165, 1.54) is 5.56 Å². The summed E-state index contributed by atoms with van der Waals surface area (Å²) in [7, 11) is 0. The molecule has 0 fully saturated rings. The van der Waals surface area contributed by atoms with Gasteiger partial charge in [0.2, 0.25) is 5.82 Å². The minimum atomic E-state index is -0.0161. The molecule has 0 aliphatic carbocycles. The van der Waals surface area contributed by atoms with Gasteiger partial charge < -0.3 is 9.26 Å². The average molecular weight is 359 g/mol. The maximum Gasteiger partial charge on any atom is 0.278 e. The first kappa shape index (κ1) is 15.9. The Hall–Kier alpha value is -3.32. The van der Waals surface area contributed by atoms with Gasteiger partial charge in [-0.05, 0) is 30.7 Å². The van der Waals surface area contributed by atoms with E-state index in [0.29, 0.717) is 36.3 Å². The molecule has 1 atom stereocenters. The third kappa shape index (κ3) is 3.02. The van der Waals surface area contributed by atoms with E-state index in [9.17, 15) is 0 Å². The van der Waals surface area contributed by atoms with Crippen molar-refractivity contribution in [1.82, 2.24) is 24.9 Å². The van der Waals surface area contributed by atoms with Gasteiger partial charge in [0.15, 0.2) is 5.69 Å². The van der Waals surface area contributed by atoms with E-state index in [0.717, 1.165) is 11.3 Å². The first-order chi connectivity index (χ1) is 13.3. The van der Waals surface area contributed by atoms with Crippen molar-refractivity contribution in [3.8, 4) is 23.1 Å². The van der Waals surface area contributed by atoms with Crippen LogP contribution in [-0.2, 0) is 17.9 Å². The van der Waals surface area contributed by atoms with E-state index in [2.05, 4.69) is 51.4 Å². The van der Waals surface area contributed by atoms with Gasteiger partial charge >= 0.3 is 0 Å². The van der Waals surface area contributed by atoms with Crippen molar-refractivity contribution >= 4 is 0 Å². The fraction of sp³-hybridized carbons (Fsp3) is 0.200. The predicted molar refractivity (Wildman–Crippen MR) is 97.5 cm³/mol. The summed E-state index contributed by atoms with van der Waals surface area (Å²) in [5.74, 6) is 0.829. The van der Waals surface area contributed by atoms with Crippen molar-refractivity contribution in [2.24, 2.45) is 0 Å². The molecule has 7 heteroatoms. The average Bonchev–Trinajstić information content (AvgIpc) is 3.36. The molecule has 0 bridgehead atoms. The van der Waals surface area contributed by atoms with E-state index in [1.54, 1.807) is 6.20 Å². The molecule has 5 rings (SSSR count). The highest BCUT2D eigenvalue weighted by Crippen LogP contribution is 2.29. The second kappa shape index (κ2) is 6.44. The number of fused-ring (bicyclic) bond motifs is 1. The summed E-state index contributed by atoms with van der Waals surface area (Å²) < 4.78 is 13.4. The Morgan fingerprint density at radius 2 is 1.96 bits per heavy atom. The van der Waals surface area contributed by atoms with Gasteiger partial charge in [-0.25, -0.2) is 0 Å². The molecule has 27 heavy (non-hydrogen) atoms. The third-order valence-corrected chi connectivity index (χ3v) is 4.62. The largest absolute Gasteiger partial charge is 0.365 e. The summed E-state index contributed by atoms with van der Waals surface area (Å²) in [6.07, 6.45) is 1.68. The number of benzene rings is 1. The van der Waals surface area contributed by atoms with Crippen molar-refractivity contribution in [1.29, 1.82) is 0 Å². The van der Waals surface area contributed by atoms with Crippen LogP contribution in [0.15, 0.2) is 59.3 Å². The number of rotatable bonds is 3. The fourth-order valence-corrected chi connectivity index (χ4v) is 3.14. The third-order valence-electron chi connectivity index (χ3n) is 4.62. The Bertz CT molecular complexity index is 1070. The highest BCUT2D eigenvalue weighted by Gasteiger charge is 2.24. The van der Waals surface area contributed by atoms with Crippen molar-refractivity contribution < 1.29 is 9.26 Å². The molecule has 1 aliphatic heterocycles. The van der Waals surface area contributed by atoms with Crippen LogP contribution in [0.2, 0.25) is 0 Å². The molecule has 0 amide bonds. The van der Waals surface area contributed by atoms with Gasteiger partial charge in [-0.3, -0.25) is 9.67 Å². The summed E-state index contributed by atoms with van der Waals surface area (Å²) in [5.41, 5.74) is 4.69. The Morgan fingerprint density at radius 1 is 1.07 bits per heavy atom. The zero-order chi connectivity index (χ0) is 18.2. The van der Waals surface area contributed by atoms with Crippen LogP contribution in [0, 0.1) is 6.92 Å². The van der Waals surface area contributed by atoms with Crippen LogP contribution in [0.5, 0.6) is 0 Å². The Labute approximate surface area is 155 Å². The number of aryl methyl sites for hydroxylation is 1. The van der Waals surface area contributed by atoms with Crippen LogP contribution in [0.3, 0.4) is 0 Å². The monoisotopic (exact) mass is 359 g/mol. The van der Waals surface area contributed by atoms with Gasteiger partial charge in [0.05, 0.1) is 18.8 Å². The van der Waals surface area contributed by atoms with Crippen molar-refractivity contribution in [3.63, 3.8) is 0 Å². The molecule has 0 saturated carbocycles. The quantitative estimate of drug-likeness (QED) is 0.556. The second-order valence-corrected chi connectivity index (χ2v) is 6.55. The zero-order valence-corrected chi connectivity index (χ0v) is 14.7. The summed E-state index contributed by atoms with van der Waals surface area (Å²) in [6.45, 7) is 3.22. The van der Waals surface area contributed by atoms with Crippen LogP contribution < -0.4 is 0 Å². The van der Waals surface area contributed by atoms with Gasteiger partial charge in [-0.15, -0.1) is 0 Å². The molecule has 4 heterocycles. The smallest absolute Gasteiger partial charge is 0.278 e. The lowest BCUT2D eigenvalue weighted by molar-refractivity contribution is -0.00113. The van der Waals surface area contributed by atoms with E-state index in [-0.39, 0.29) is 6.10 Å². The Morgan fingerprint density at radius 3 is 2.78 bits per heavy atom.